The first-order valence-corrected chi connectivity index (χ1v) is 9.26. The number of nitrogens with one attached hydrogen (secondary N) is 1. The maximum atomic E-state index is 12.5. The van der Waals surface area contributed by atoms with Crippen LogP contribution in [-0.4, -0.2) is 48.6 Å². The fourth-order valence-electron chi connectivity index (χ4n) is 2.64. The fraction of sp³-hybridized carbons (Fsp3) is 0.227. The summed E-state index contributed by atoms with van der Waals surface area (Å²) in [6, 6.07) is 18.6. The Morgan fingerprint density at radius 2 is 1.83 bits per heavy atom. The van der Waals surface area contributed by atoms with Crippen LogP contribution in [0.4, 0.5) is 0 Å². The van der Waals surface area contributed by atoms with Gasteiger partial charge < -0.3 is 19.5 Å². The van der Waals surface area contributed by atoms with Crippen LogP contribution in [-0.2, 0) is 4.79 Å². The van der Waals surface area contributed by atoms with Gasteiger partial charge in [-0.1, -0.05) is 53.2 Å². The average molecular weight is 393 g/mol. The summed E-state index contributed by atoms with van der Waals surface area (Å²) in [5, 5.41) is 6.56. The van der Waals surface area contributed by atoms with Crippen LogP contribution in [0.1, 0.15) is 16.1 Å². The average Bonchev–Trinajstić information content (AvgIpc) is 3.22. The predicted octanol–water partition coefficient (Wildman–Crippen LogP) is 2.92. The van der Waals surface area contributed by atoms with Gasteiger partial charge in [0.25, 0.3) is 5.91 Å². The van der Waals surface area contributed by atoms with E-state index in [0.29, 0.717) is 18.9 Å². The number of nitrogens with zero attached hydrogens (tertiary/aromatic N) is 2. The number of aryl methyl sites for hydroxylation is 1. The quantitative estimate of drug-likeness (QED) is 0.595. The fourth-order valence-corrected chi connectivity index (χ4v) is 2.64. The van der Waals surface area contributed by atoms with Gasteiger partial charge in [-0.3, -0.25) is 9.59 Å². The van der Waals surface area contributed by atoms with Gasteiger partial charge in [-0.15, -0.1) is 0 Å². The predicted molar refractivity (Wildman–Crippen MR) is 109 cm³/mol. The van der Waals surface area contributed by atoms with Crippen molar-refractivity contribution in [3.05, 3.63) is 71.9 Å². The maximum Gasteiger partial charge on any atom is 0.276 e. The van der Waals surface area contributed by atoms with Crippen molar-refractivity contribution in [2.75, 3.05) is 26.7 Å². The zero-order valence-corrected chi connectivity index (χ0v) is 16.4. The first kappa shape index (κ1) is 20.1. The lowest BCUT2D eigenvalue weighted by molar-refractivity contribution is -0.121. The topological polar surface area (TPSA) is 84.7 Å². The van der Waals surface area contributed by atoms with Crippen LogP contribution in [0, 0.1) is 6.92 Å². The smallest absolute Gasteiger partial charge is 0.276 e. The van der Waals surface area contributed by atoms with E-state index < -0.39 is 0 Å². The van der Waals surface area contributed by atoms with Gasteiger partial charge in [0, 0.05) is 18.7 Å². The van der Waals surface area contributed by atoms with Gasteiger partial charge in [0.1, 0.15) is 12.4 Å². The second kappa shape index (κ2) is 9.54. The third kappa shape index (κ3) is 5.68. The highest BCUT2D eigenvalue weighted by molar-refractivity contribution is 5.95. The molecule has 0 spiro atoms. The maximum absolute atomic E-state index is 12.5. The molecule has 7 heteroatoms. The number of rotatable bonds is 8. The zero-order valence-electron chi connectivity index (χ0n) is 16.4. The van der Waals surface area contributed by atoms with Gasteiger partial charge in [-0.25, -0.2) is 0 Å². The molecule has 2 aromatic carbocycles. The number of carbonyl (C=O) groups is 2. The third-order valence-corrected chi connectivity index (χ3v) is 4.23. The summed E-state index contributed by atoms with van der Waals surface area (Å²) in [5.41, 5.74) is 2.12. The second-order valence-corrected chi connectivity index (χ2v) is 6.62. The Bertz CT molecular complexity index is 952. The van der Waals surface area contributed by atoms with Crippen LogP contribution in [0.2, 0.25) is 0 Å². The molecular weight excluding hydrogens is 370 g/mol. The van der Waals surface area contributed by atoms with Gasteiger partial charge >= 0.3 is 0 Å². The van der Waals surface area contributed by atoms with E-state index in [9.17, 15) is 9.59 Å². The van der Waals surface area contributed by atoms with E-state index in [4.69, 9.17) is 9.26 Å². The molecule has 3 aromatic rings. The number of amides is 2. The summed E-state index contributed by atoms with van der Waals surface area (Å²) in [6.45, 7) is 2.59. The molecule has 2 amide bonds. The Labute approximate surface area is 169 Å². The molecule has 7 nitrogen and oxygen atoms in total. The highest BCUT2D eigenvalue weighted by atomic mass is 16.5. The van der Waals surface area contributed by atoms with Crippen molar-refractivity contribution in [3.8, 4) is 17.1 Å². The van der Waals surface area contributed by atoms with Crippen LogP contribution < -0.4 is 10.1 Å². The molecule has 0 aliphatic heterocycles. The number of aromatic nitrogens is 1. The largest absolute Gasteiger partial charge is 0.492 e. The van der Waals surface area contributed by atoms with Crippen LogP contribution in [0.3, 0.4) is 0 Å². The summed E-state index contributed by atoms with van der Waals surface area (Å²) >= 11 is 0. The van der Waals surface area contributed by atoms with E-state index in [1.807, 2.05) is 61.5 Å². The van der Waals surface area contributed by atoms with Crippen LogP contribution in [0.15, 0.2) is 65.2 Å². The Kier molecular flexibility index (Phi) is 6.63. The highest BCUT2D eigenvalue weighted by Crippen LogP contribution is 2.21. The molecule has 29 heavy (non-hydrogen) atoms. The summed E-state index contributed by atoms with van der Waals surface area (Å²) in [5.74, 6) is 0.580. The standard InChI is InChI=1S/C22H23N3O4/c1-16-8-10-17(11-9-16)20-14-19(24-29-20)22(27)25(2)15-21(26)23-12-13-28-18-6-4-3-5-7-18/h3-11,14H,12-13,15H2,1-2H3,(H,23,26). The number of ether oxygens (including phenoxy) is 1. The molecule has 1 aromatic heterocycles. The molecule has 0 aliphatic carbocycles. The summed E-state index contributed by atoms with van der Waals surface area (Å²) in [6.07, 6.45) is 0. The Hall–Kier alpha value is -3.61. The van der Waals surface area contributed by atoms with Crippen molar-refractivity contribution >= 4 is 11.8 Å². The minimum Gasteiger partial charge on any atom is -0.492 e. The minimum atomic E-state index is -0.386. The Balaban J connectivity index is 1.46. The number of benzene rings is 2. The van der Waals surface area contributed by atoms with Crippen molar-refractivity contribution < 1.29 is 18.8 Å². The molecule has 0 radical (unpaired) electrons. The molecule has 1 heterocycles. The van der Waals surface area contributed by atoms with E-state index in [0.717, 1.165) is 16.9 Å². The van der Waals surface area contributed by atoms with Gasteiger partial charge in [-0.2, -0.15) is 0 Å². The second-order valence-electron chi connectivity index (χ2n) is 6.62. The van der Waals surface area contributed by atoms with Crippen LogP contribution >= 0.6 is 0 Å². The van der Waals surface area contributed by atoms with Crippen molar-refractivity contribution in [2.24, 2.45) is 0 Å². The van der Waals surface area contributed by atoms with E-state index in [1.54, 1.807) is 13.1 Å². The monoisotopic (exact) mass is 393 g/mol. The third-order valence-electron chi connectivity index (χ3n) is 4.23. The van der Waals surface area contributed by atoms with Crippen molar-refractivity contribution in [2.45, 2.75) is 6.92 Å². The number of hydrogen-bond acceptors (Lipinski definition) is 5. The first-order chi connectivity index (χ1) is 14.0. The molecule has 3 rings (SSSR count). The lowest BCUT2D eigenvalue weighted by Crippen LogP contribution is -2.39. The SMILES string of the molecule is Cc1ccc(-c2cc(C(=O)N(C)CC(=O)NCCOc3ccccc3)no2)cc1. The van der Waals surface area contributed by atoms with Crippen molar-refractivity contribution in [3.63, 3.8) is 0 Å². The molecule has 0 bridgehead atoms. The van der Waals surface area contributed by atoms with Crippen LogP contribution in [0.25, 0.3) is 11.3 Å². The number of carbonyl (C=O) groups excluding carboxylic acids is 2. The molecule has 0 atom stereocenters. The summed E-state index contributed by atoms with van der Waals surface area (Å²) in [4.78, 5) is 25.8. The Morgan fingerprint density at radius 3 is 2.55 bits per heavy atom. The van der Waals surface area contributed by atoms with E-state index >= 15 is 0 Å². The summed E-state index contributed by atoms with van der Waals surface area (Å²) < 4.78 is 10.8. The number of para-hydroxylation sites is 1. The molecular formula is C22H23N3O4. The number of hydrogen-bond donors (Lipinski definition) is 1. The van der Waals surface area contributed by atoms with Gasteiger partial charge in [0.05, 0.1) is 13.1 Å². The van der Waals surface area contributed by atoms with Gasteiger partial charge in [0.2, 0.25) is 5.91 Å². The number of likely N-dealkylation sites (N-methyl/N-ethyl adjacent to an activating group) is 1. The van der Waals surface area contributed by atoms with E-state index in [2.05, 4.69) is 10.5 Å². The van der Waals surface area contributed by atoms with Crippen molar-refractivity contribution in [1.29, 1.82) is 0 Å². The molecule has 0 saturated heterocycles. The lowest BCUT2D eigenvalue weighted by Gasteiger charge is -2.15. The summed E-state index contributed by atoms with van der Waals surface area (Å²) in [7, 11) is 1.54. The molecule has 1 N–H and O–H groups in total. The minimum absolute atomic E-state index is 0.0864. The van der Waals surface area contributed by atoms with Crippen molar-refractivity contribution in [1.82, 2.24) is 15.4 Å². The first-order valence-electron chi connectivity index (χ1n) is 9.26. The van der Waals surface area contributed by atoms with E-state index in [1.165, 1.54) is 4.90 Å². The van der Waals surface area contributed by atoms with Crippen LogP contribution in [0.5, 0.6) is 5.75 Å². The Morgan fingerprint density at radius 1 is 1.10 bits per heavy atom. The molecule has 0 saturated carbocycles. The lowest BCUT2D eigenvalue weighted by atomic mass is 10.1. The van der Waals surface area contributed by atoms with E-state index in [-0.39, 0.29) is 24.1 Å². The molecule has 150 valence electrons. The highest BCUT2D eigenvalue weighted by Gasteiger charge is 2.19. The van der Waals surface area contributed by atoms with Gasteiger partial charge in [0.15, 0.2) is 11.5 Å². The molecule has 0 aliphatic rings. The van der Waals surface area contributed by atoms with Gasteiger partial charge in [-0.05, 0) is 19.1 Å². The zero-order chi connectivity index (χ0) is 20.6. The molecule has 0 unspecified atom stereocenters. The molecule has 0 fully saturated rings. The normalized spacial score (nSPS) is 10.4.